The van der Waals surface area contributed by atoms with Crippen LogP contribution in [0.15, 0.2) is 4.74 Å². The summed E-state index contributed by atoms with van der Waals surface area (Å²) in [5, 5.41) is 0. The van der Waals surface area contributed by atoms with E-state index in [1.54, 1.807) is 0 Å². The maximum atomic E-state index is 7.71. The molecule has 0 spiro atoms. The maximum absolute atomic E-state index is 7.71. The monoisotopic (exact) mass is 516 g/mol. The molecule has 6 nitrogen and oxygen atoms in total. The van der Waals surface area contributed by atoms with Crippen LogP contribution in [-0.2, 0) is 23.7 Å². The van der Waals surface area contributed by atoms with Crippen molar-refractivity contribution in [2.75, 3.05) is 0 Å². The summed E-state index contributed by atoms with van der Waals surface area (Å²) in [7, 11) is 0.275. The zero-order chi connectivity index (χ0) is 26.7. The lowest BCUT2D eigenvalue weighted by molar-refractivity contribution is -0.334. The molecule has 0 saturated carbocycles. The SMILES string of the molecule is [4H]/P=N\[C@H]1C(C)[C@H](C)C(CC)O[C@H]1O[C@@H]1C(CC)O[C@@H](O[C@@H]2C(CC)O[C@@H](C)[C@@H](C)C2C)[C@@H](C)C1C. The largest absolute Gasteiger partial charge is 0.372 e. The molecule has 6 unspecified atom stereocenters. The van der Waals surface area contributed by atoms with Crippen molar-refractivity contribution in [1.82, 2.24) is 0 Å². The van der Waals surface area contributed by atoms with Crippen molar-refractivity contribution in [3.8, 4) is 0 Å². The lowest BCUT2D eigenvalue weighted by Crippen LogP contribution is -2.58. The molecular weight excluding hydrogens is 461 g/mol. The molecule has 35 heavy (non-hydrogen) atoms. The average molecular weight is 517 g/mol. The normalized spacial score (nSPS) is 51.9. The van der Waals surface area contributed by atoms with Crippen molar-refractivity contribution in [3.05, 3.63) is 0 Å². The standard InChI is InChI=1S/C28H52NO5P/c1-11-21-15(5)16(6)24(29-35)28(31-21)34-26-18(8)19(9)27(32-23(26)13-3)33-25-17(7)14(4)20(10)30-22(25)12-2/h14-28,35H,11-13H2,1-10H3/t14-,15-,16?,17?,18?,19-,20-,21?,22?,23?,24-,25-,26-,27-,28-/m0/s1. The van der Waals surface area contributed by atoms with E-state index in [9.17, 15) is 0 Å². The average Bonchev–Trinajstić information content (AvgIpc) is 2.87. The number of rotatable bonds is 8. The van der Waals surface area contributed by atoms with Gasteiger partial charge in [-0.1, -0.05) is 62.3 Å². The molecule has 3 aliphatic rings. The topological polar surface area (TPSA) is 58.5 Å². The molecule has 3 heterocycles. The number of ether oxygens (including phenoxy) is 5. The predicted octanol–water partition coefficient (Wildman–Crippen LogP) is 6.74. The van der Waals surface area contributed by atoms with Crippen LogP contribution in [0, 0.1) is 35.5 Å². The van der Waals surface area contributed by atoms with Crippen molar-refractivity contribution >= 4 is 8.98 Å². The van der Waals surface area contributed by atoms with Crippen LogP contribution in [0.4, 0.5) is 0 Å². The Morgan fingerprint density at radius 2 is 1.14 bits per heavy atom. The molecule has 3 saturated heterocycles. The van der Waals surface area contributed by atoms with E-state index in [0.717, 1.165) is 19.3 Å². The highest BCUT2D eigenvalue weighted by molar-refractivity contribution is 7.04. The Labute approximate surface area is 218 Å². The van der Waals surface area contributed by atoms with Crippen LogP contribution in [0.3, 0.4) is 0 Å². The molecule has 0 aromatic carbocycles. The Hall–Kier alpha value is -0.100. The third kappa shape index (κ3) is 5.99. The second-order valence-corrected chi connectivity index (χ2v) is 11.9. The van der Waals surface area contributed by atoms with Crippen molar-refractivity contribution in [2.45, 2.75) is 144 Å². The maximum Gasteiger partial charge on any atom is 0.181 e. The predicted molar refractivity (Wildman–Crippen MR) is 142 cm³/mol. The van der Waals surface area contributed by atoms with Crippen LogP contribution in [-0.4, -0.2) is 56.5 Å². The highest BCUT2D eigenvalue weighted by Crippen LogP contribution is 2.42. The van der Waals surface area contributed by atoms with Crippen LogP contribution in [0.2, 0.25) is 0 Å². The Morgan fingerprint density at radius 3 is 1.71 bits per heavy atom. The van der Waals surface area contributed by atoms with Crippen LogP contribution in [0.25, 0.3) is 0 Å². The molecule has 0 radical (unpaired) electrons. The second kappa shape index (κ2) is 12.6. The van der Waals surface area contributed by atoms with E-state index in [0.29, 0.717) is 23.7 Å². The molecule has 7 heteroatoms. The van der Waals surface area contributed by atoms with E-state index in [-0.39, 0.29) is 69.8 Å². The molecule has 3 rings (SSSR count). The minimum absolute atomic E-state index is 0.0180. The Bertz CT molecular complexity index is 711. The van der Waals surface area contributed by atoms with Crippen LogP contribution >= 0.6 is 8.98 Å². The number of nitrogens with zero attached hydrogens (tertiary/aromatic N) is 1. The summed E-state index contributed by atoms with van der Waals surface area (Å²) in [6.07, 6.45) is 2.22. The van der Waals surface area contributed by atoms with Crippen molar-refractivity contribution in [3.63, 3.8) is 0 Å². The molecule has 3 aliphatic heterocycles. The fourth-order valence-electron chi connectivity index (χ4n) is 6.36. The first-order valence-corrected chi connectivity index (χ1v) is 14.6. The molecule has 0 aromatic heterocycles. The van der Waals surface area contributed by atoms with Crippen LogP contribution in [0.5, 0.6) is 0 Å². The van der Waals surface area contributed by atoms with Crippen molar-refractivity contribution in [1.29, 1.82) is 1.28 Å². The molecule has 3 fully saturated rings. The summed E-state index contributed by atoms with van der Waals surface area (Å²) >= 11 is 0. The van der Waals surface area contributed by atoms with Gasteiger partial charge >= 0.3 is 0 Å². The highest BCUT2D eigenvalue weighted by atomic mass is 31.0. The van der Waals surface area contributed by atoms with E-state index in [4.69, 9.17) is 25.0 Å². The fraction of sp³-hybridized carbons (Fsp3) is 1.00. The Morgan fingerprint density at radius 1 is 0.629 bits per heavy atom. The zero-order valence-corrected chi connectivity index (χ0v) is 24.6. The molecular formula is C28H52NO5P. The van der Waals surface area contributed by atoms with Crippen LogP contribution < -0.4 is 0 Å². The molecule has 0 aromatic rings. The summed E-state index contributed by atoms with van der Waals surface area (Å²) in [6.45, 7) is 22.1. The fourth-order valence-corrected chi connectivity index (χ4v) is 6.68. The quantitative estimate of drug-likeness (QED) is 0.335. The lowest BCUT2D eigenvalue weighted by Gasteiger charge is -2.50. The van der Waals surface area contributed by atoms with E-state index < -0.39 is 6.29 Å². The summed E-state index contributed by atoms with van der Waals surface area (Å²) in [4.78, 5) is 0. The Balaban J connectivity index is 1.76. The minimum Gasteiger partial charge on any atom is -0.372 e. The van der Waals surface area contributed by atoms with Gasteiger partial charge in [0.2, 0.25) is 0 Å². The third-order valence-electron chi connectivity index (χ3n) is 9.76. The second-order valence-electron chi connectivity index (χ2n) is 11.7. The summed E-state index contributed by atoms with van der Waals surface area (Å²) in [6, 6.07) is -0.148. The molecule has 0 bridgehead atoms. The van der Waals surface area contributed by atoms with Gasteiger partial charge in [0.05, 0.1) is 36.6 Å². The lowest BCUT2D eigenvalue weighted by atomic mass is 9.80. The van der Waals surface area contributed by atoms with Crippen molar-refractivity contribution < 1.29 is 23.7 Å². The van der Waals surface area contributed by atoms with E-state index >= 15 is 0 Å². The number of hydrogen-bond acceptors (Lipinski definition) is 6. The van der Waals surface area contributed by atoms with Gasteiger partial charge < -0.3 is 23.7 Å². The third-order valence-corrected chi connectivity index (χ3v) is 10.0. The highest BCUT2D eigenvalue weighted by Gasteiger charge is 2.49. The van der Waals surface area contributed by atoms with Gasteiger partial charge in [-0.15, -0.1) is 0 Å². The van der Waals surface area contributed by atoms with Crippen molar-refractivity contribution in [2.24, 2.45) is 40.3 Å². The van der Waals surface area contributed by atoms with Gasteiger partial charge in [0.1, 0.15) is 7.32 Å². The summed E-state index contributed by atoms with van der Waals surface area (Å²) < 4.78 is 45.3. The smallest absolute Gasteiger partial charge is 0.181 e. The van der Waals surface area contributed by atoms with Gasteiger partial charge in [0.15, 0.2) is 12.6 Å². The first-order chi connectivity index (χ1) is 17.1. The van der Waals surface area contributed by atoms with E-state index in [1.165, 1.54) is 0 Å². The first kappa shape index (κ1) is 27.9. The first-order valence-electron chi connectivity index (χ1n) is 14.6. The number of hydrogen-bond donors (Lipinski definition) is 0. The molecule has 0 amide bonds. The van der Waals surface area contributed by atoms with Gasteiger partial charge in [0.25, 0.3) is 0 Å². The zero-order valence-electron chi connectivity index (χ0n) is 24.7. The molecule has 0 N–H and O–H groups in total. The van der Waals surface area contributed by atoms with E-state index in [1.807, 2.05) is 0 Å². The van der Waals surface area contributed by atoms with E-state index in [2.05, 4.69) is 74.0 Å². The van der Waals surface area contributed by atoms with Gasteiger partial charge in [-0.2, -0.15) is 0 Å². The molecule has 15 atom stereocenters. The summed E-state index contributed by atoms with van der Waals surface area (Å²) in [5.41, 5.74) is 0. The van der Waals surface area contributed by atoms with Gasteiger partial charge in [-0.25, -0.2) is 0 Å². The van der Waals surface area contributed by atoms with Crippen LogP contribution in [0.1, 0.15) is 88.5 Å². The minimum atomic E-state index is -0.452. The van der Waals surface area contributed by atoms with Gasteiger partial charge in [-0.05, 0) is 64.8 Å². The van der Waals surface area contributed by atoms with Gasteiger partial charge in [0, 0.05) is 5.92 Å². The Kier molecular flexibility index (Phi) is 10.1. The summed E-state index contributed by atoms with van der Waals surface area (Å²) in [5.74, 6) is 1.88. The molecule has 0 aliphatic carbocycles. The van der Waals surface area contributed by atoms with Gasteiger partial charge in [-0.3, -0.25) is 4.74 Å². The molecule has 204 valence electrons.